The molecule has 0 aromatic rings. The molecule has 1 amide bonds. The summed E-state index contributed by atoms with van der Waals surface area (Å²) >= 11 is 0. The van der Waals surface area contributed by atoms with Gasteiger partial charge >= 0.3 is 0 Å². The fourth-order valence-electron chi connectivity index (χ4n) is 5.15. The van der Waals surface area contributed by atoms with E-state index in [1.54, 1.807) is 0 Å². The minimum Gasteiger partial charge on any atom is -0.351 e. The van der Waals surface area contributed by atoms with Crippen LogP contribution in [0.2, 0.25) is 0 Å². The van der Waals surface area contributed by atoms with E-state index in [1.807, 2.05) is 20.8 Å². The smallest absolute Gasteiger partial charge is 0.221 e. The van der Waals surface area contributed by atoms with Crippen LogP contribution in [0.5, 0.6) is 0 Å². The minimum absolute atomic E-state index is 0.111. The summed E-state index contributed by atoms with van der Waals surface area (Å²) in [5, 5.41) is 6.72. The van der Waals surface area contributed by atoms with Gasteiger partial charge in [-0.05, 0) is 70.1 Å². The number of amides is 1. The molecule has 114 valence electrons. The van der Waals surface area contributed by atoms with Gasteiger partial charge in [0.15, 0.2) is 0 Å². The Hall–Kier alpha value is -0.570. The summed E-state index contributed by atoms with van der Waals surface area (Å²) in [4.78, 5) is 11.8. The molecule has 3 aliphatic carbocycles. The van der Waals surface area contributed by atoms with E-state index in [0.717, 1.165) is 30.2 Å². The predicted octanol–water partition coefficient (Wildman–Crippen LogP) is 2.71. The van der Waals surface area contributed by atoms with Gasteiger partial charge in [0.1, 0.15) is 0 Å². The quantitative estimate of drug-likeness (QED) is 0.830. The Kier molecular flexibility index (Phi) is 3.83. The maximum atomic E-state index is 11.8. The highest BCUT2D eigenvalue weighted by Crippen LogP contribution is 2.58. The highest BCUT2D eigenvalue weighted by atomic mass is 16.1. The van der Waals surface area contributed by atoms with Crippen LogP contribution in [-0.4, -0.2) is 24.0 Å². The van der Waals surface area contributed by atoms with Gasteiger partial charge in [0, 0.05) is 24.5 Å². The van der Waals surface area contributed by atoms with Crippen LogP contribution in [0.25, 0.3) is 0 Å². The van der Waals surface area contributed by atoms with E-state index in [4.69, 9.17) is 0 Å². The third-order valence-corrected chi connectivity index (χ3v) is 5.70. The van der Waals surface area contributed by atoms with Crippen molar-refractivity contribution in [2.75, 3.05) is 6.54 Å². The molecular formula is C17H30N2O. The van der Waals surface area contributed by atoms with Gasteiger partial charge in [-0.3, -0.25) is 4.79 Å². The molecule has 0 aromatic carbocycles. The van der Waals surface area contributed by atoms with Crippen molar-refractivity contribution >= 4 is 5.91 Å². The van der Waals surface area contributed by atoms with Gasteiger partial charge in [-0.1, -0.05) is 6.42 Å². The van der Waals surface area contributed by atoms with E-state index in [1.165, 1.54) is 32.1 Å². The first kappa shape index (κ1) is 14.4. The number of hydrogen-bond donors (Lipinski definition) is 2. The van der Waals surface area contributed by atoms with Crippen LogP contribution in [0, 0.1) is 23.7 Å². The van der Waals surface area contributed by atoms with Crippen LogP contribution in [0.15, 0.2) is 0 Å². The molecule has 3 fully saturated rings. The lowest BCUT2D eigenvalue weighted by molar-refractivity contribution is -0.122. The number of nitrogens with one attached hydrogen (secondary N) is 2. The fraction of sp³-hybridized carbons (Fsp3) is 0.941. The summed E-state index contributed by atoms with van der Waals surface area (Å²) in [7, 11) is 0. The monoisotopic (exact) mass is 278 g/mol. The largest absolute Gasteiger partial charge is 0.351 e. The summed E-state index contributed by atoms with van der Waals surface area (Å²) in [6.45, 7) is 6.95. The Labute approximate surface area is 123 Å². The highest BCUT2D eigenvalue weighted by molar-refractivity contribution is 5.76. The first-order valence-corrected chi connectivity index (χ1v) is 8.48. The molecule has 0 aromatic heterocycles. The van der Waals surface area contributed by atoms with Crippen LogP contribution in [0.1, 0.15) is 59.3 Å². The molecule has 0 aliphatic heterocycles. The Balaban J connectivity index is 1.41. The Morgan fingerprint density at radius 2 is 1.85 bits per heavy atom. The molecule has 3 nitrogen and oxygen atoms in total. The lowest BCUT2D eigenvalue weighted by Crippen LogP contribution is -2.44. The summed E-state index contributed by atoms with van der Waals surface area (Å²) in [5.74, 6) is 4.15. The molecule has 3 heteroatoms. The maximum Gasteiger partial charge on any atom is 0.221 e. The van der Waals surface area contributed by atoms with Gasteiger partial charge in [-0.25, -0.2) is 0 Å². The molecule has 0 heterocycles. The van der Waals surface area contributed by atoms with Crippen molar-refractivity contribution < 1.29 is 4.79 Å². The second-order valence-electron chi connectivity index (χ2n) is 8.26. The Bertz CT molecular complexity index is 374. The van der Waals surface area contributed by atoms with Gasteiger partial charge in [0.05, 0.1) is 0 Å². The zero-order valence-electron chi connectivity index (χ0n) is 13.2. The van der Waals surface area contributed by atoms with E-state index < -0.39 is 0 Å². The number of carbonyl (C=O) groups excluding carboxylic acids is 1. The average Bonchev–Trinajstić information content (AvgIpc) is 2.97. The number of hydrogen-bond acceptors (Lipinski definition) is 2. The van der Waals surface area contributed by atoms with Crippen LogP contribution in [0.3, 0.4) is 0 Å². The third-order valence-electron chi connectivity index (χ3n) is 5.70. The summed E-state index contributed by atoms with van der Waals surface area (Å²) in [6.07, 6.45) is 7.86. The van der Waals surface area contributed by atoms with E-state index in [2.05, 4.69) is 10.6 Å². The zero-order valence-corrected chi connectivity index (χ0v) is 13.2. The van der Waals surface area contributed by atoms with Crippen molar-refractivity contribution in [2.45, 2.75) is 70.9 Å². The highest BCUT2D eigenvalue weighted by Gasteiger charge is 2.53. The molecule has 20 heavy (non-hydrogen) atoms. The van der Waals surface area contributed by atoms with Crippen molar-refractivity contribution in [3.8, 4) is 0 Å². The molecule has 2 bridgehead atoms. The topological polar surface area (TPSA) is 41.1 Å². The average molecular weight is 278 g/mol. The van der Waals surface area contributed by atoms with Gasteiger partial charge < -0.3 is 10.6 Å². The molecule has 5 atom stereocenters. The lowest BCUT2D eigenvalue weighted by Gasteiger charge is -2.32. The van der Waals surface area contributed by atoms with Gasteiger partial charge in [0.25, 0.3) is 0 Å². The Morgan fingerprint density at radius 1 is 1.10 bits per heavy atom. The van der Waals surface area contributed by atoms with E-state index in [-0.39, 0.29) is 11.4 Å². The van der Waals surface area contributed by atoms with Gasteiger partial charge in [-0.15, -0.1) is 0 Å². The number of fused-ring (bicyclic) bond motifs is 5. The first-order valence-electron chi connectivity index (χ1n) is 8.48. The van der Waals surface area contributed by atoms with E-state index in [0.29, 0.717) is 12.5 Å². The predicted molar refractivity (Wildman–Crippen MR) is 81.3 cm³/mol. The summed E-state index contributed by atoms with van der Waals surface area (Å²) in [5.41, 5.74) is -0.111. The minimum atomic E-state index is -0.111. The molecule has 2 N–H and O–H groups in total. The van der Waals surface area contributed by atoms with Crippen molar-refractivity contribution in [1.82, 2.24) is 10.6 Å². The molecule has 0 spiro atoms. The van der Waals surface area contributed by atoms with Crippen LogP contribution in [-0.2, 0) is 4.79 Å². The molecule has 3 rings (SSSR count). The first-order chi connectivity index (χ1) is 9.44. The number of rotatable bonds is 4. The van der Waals surface area contributed by atoms with E-state index in [9.17, 15) is 4.79 Å². The number of carbonyl (C=O) groups is 1. The lowest BCUT2D eigenvalue weighted by atomic mass is 9.79. The summed E-state index contributed by atoms with van der Waals surface area (Å²) in [6, 6.07) is 0.696. The van der Waals surface area contributed by atoms with Crippen LogP contribution >= 0.6 is 0 Å². The van der Waals surface area contributed by atoms with Gasteiger partial charge in [-0.2, -0.15) is 0 Å². The SMILES string of the molecule is CC(C)(C)NC(=O)CCNC1CC2CC1C1CCCC21. The third kappa shape index (κ3) is 2.88. The molecule has 3 aliphatic rings. The fourth-order valence-corrected chi connectivity index (χ4v) is 5.15. The Morgan fingerprint density at radius 3 is 2.60 bits per heavy atom. The second kappa shape index (κ2) is 5.32. The van der Waals surface area contributed by atoms with Gasteiger partial charge in [0.2, 0.25) is 5.91 Å². The normalized spacial score (nSPS) is 39.0. The molecule has 0 saturated heterocycles. The molecule has 3 saturated carbocycles. The van der Waals surface area contributed by atoms with Crippen LogP contribution < -0.4 is 10.6 Å². The van der Waals surface area contributed by atoms with Crippen molar-refractivity contribution in [1.29, 1.82) is 0 Å². The maximum absolute atomic E-state index is 11.8. The van der Waals surface area contributed by atoms with Crippen molar-refractivity contribution in [2.24, 2.45) is 23.7 Å². The van der Waals surface area contributed by atoms with Crippen molar-refractivity contribution in [3.05, 3.63) is 0 Å². The molecular weight excluding hydrogens is 248 g/mol. The zero-order chi connectivity index (χ0) is 14.3. The van der Waals surface area contributed by atoms with Crippen molar-refractivity contribution in [3.63, 3.8) is 0 Å². The molecule has 5 unspecified atom stereocenters. The second-order valence-corrected chi connectivity index (χ2v) is 8.26. The molecule has 0 radical (unpaired) electrons. The standard InChI is InChI=1S/C17H30N2O/c1-17(2,3)19-16(20)7-8-18-15-10-11-9-14(15)13-6-4-5-12(11)13/h11-15,18H,4-10H2,1-3H3,(H,19,20). The summed E-state index contributed by atoms with van der Waals surface area (Å²) < 4.78 is 0. The van der Waals surface area contributed by atoms with Crippen LogP contribution in [0.4, 0.5) is 0 Å². The van der Waals surface area contributed by atoms with E-state index >= 15 is 0 Å².